The number of hydrogen-bond donors (Lipinski definition) is 0. The minimum atomic E-state index is -0.137. The Morgan fingerprint density at radius 1 is 0.462 bits per heavy atom. The highest BCUT2D eigenvalue weighted by Gasteiger charge is 2.11. The van der Waals surface area contributed by atoms with Gasteiger partial charge in [0.15, 0.2) is 23.1 Å². The Kier molecular flexibility index (Phi) is 16.4. The summed E-state index contributed by atoms with van der Waals surface area (Å²) in [4.78, 5) is 25.3. The average Bonchev–Trinajstić information content (AvgIpc) is 3.19. The van der Waals surface area contributed by atoms with E-state index in [9.17, 15) is 9.59 Å². The number of rotatable bonds is 23. The maximum absolute atomic E-state index is 12.7. The van der Waals surface area contributed by atoms with Gasteiger partial charge in [-0.05, 0) is 90.7 Å². The van der Waals surface area contributed by atoms with Gasteiger partial charge in [0.25, 0.3) is 0 Å². The molecule has 8 nitrogen and oxygen atoms in total. The second-order valence-electron chi connectivity index (χ2n) is 12.2. The van der Waals surface area contributed by atoms with Crippen LogP contribution in [0.4, 0.5) is 0 Å². The Morgan fingerprint density at radius 2 is 0.942 bits per heavy atom. The van der Waals surface area contributed by atoms with Crippen molar-refractivity contribution < 1.29 is 38.0 Å². The molecule has 0 amide bonds. The van der Waals surface area contributed by atoms with Crippen LogP contribution in [0.5, 0.6) is 34.5 Å². The maximum Gasteiger partial charge on any atom is 0.189 e. The summed E-state index contributed by atoms with van der Waals surface area (Å²) in [5.74, 6) is 3.64. The van der Waals surface area contributed by atoms with Crippen molar-refractivity contribution in [2.75, 3.05) is 41.7 Å². The Balaban J connectivity index is 1.01. The molecule has 0 atom stereocenters. The van der Waals surface area contributed by atoms with E-state index in [1.807, 2.05) is 48.5 Å². The zero-order valence-electron chi connectivity index (χ0n) is 30.7. The van der Waals surface area contributed by atoms with Crippen molar-refractivity contribution in [2.45, 2.75) is 51.4 Å². The highest BCUT2D eigenvalue weighted by atomic mass is 16.5. The molecule has 0 N–H and O–H groups in total. The van der Waals surface area contributed by atoms with E-state index in [2.05, 4.69) is 0 Å². The van der Waals surface area contributed by atoms with Gasteiger partial charge in [0.2, 0.25) is 0 Å². The molecule has 0 saturated heterocycles. The summed E-state index contributed by atoms with van der Waals surface area (Å²) in [6.07, 6.45) is 15.9. The fraction of sp³-hybridized carbons (Fsp3) is 0.318. The van der Waals surface area contributed by atoms with E-state index in [4.69, 9.17) is 28.4 Å². The van der Waals surface area contributed by atoms with Crippen molar-refractivity contribution in [3.05, 3.63) is 119 Å². The minimum Gasteiger partial charge on any atom is -0.497 e. The van der Waals surface area contributed by atoms with Crippen molar-refractivity contribution in [1.29, 1.82) is 0 Å². The molecule has 52 heavy (non-hydrogen) atoms. The van der Waals surface area contributed by atoms with Crippen molar-refractivity contribution >= 4 is 23.7 Å². The molecular weight excluding hydrogens is 656 g/mol. The fourth-order valence-corrected chi connectivity index (χ4v) is 5.52. The average molecular weight is 707 g/mol. The lowest BCUT2D eigenvalue weighted by Gasteiger charge is -2.08. The van der Waals surface area contributed by atoms with E-state index in [-0.39, 0.29) is 11.6 Å². The molecule has 0 bridgehead atoms. The number of benzene rings is 4. The topological polar surface area (TPSA) is 89.5 Å². The number of carbonyl (C=O) groups excluding carboxylic acids is 2. The molecule has 0 unspecified atom stereocenters. The number of methoxy groups -OCH3 is 4. The summed E-state index contributed by atoms with van der Waals surface area (Å²) in [5, 5.41) is 0. The van der Waals surface area contributed by atoms with Crippen LogP contribution in [-0.2, 0) is 0 Å². The Bertz CT molecular complexity index is 1760. The monoisotopic (exact) mass is 706 g/mol. The lowest BCUT2D eigenvalue weighted by Crippen LogP contribution is -1.99. The summed E-state index contributed by atoms with van der Waals surface area (Å²) in [6.45, 7) is 1.38. The first-order valence-corrected chi connectivity index (χ1v) is 17.8. The van der Waals surface area contributed by atoms with Crippen LogP contribution in [0.2, 0.25) is 0 Å². The second-order valence-corrected chi connectivity index (χ2v) is 12.2. The van der Waals surface area contributed by atoms with Crippen LogP contribution in [0.15, 0.2) is 97.1 Å². The van der Waals surface area contributed by atoms with E-state index >= 15 is 0 Å². The van der Waals surface area contributed by atoms with Gasteiger partial charge in [0.05, 0.1) is 47.2 Å². The lowest BCUT2D eigenvalue weighted by atomic mass is 10.1. The van der Waals surface area contributed by atoms with Crippen LogP contribution in [0.25, 0.3) is 12.2 Å². The zero-order chi connectivity index (χ0) is 37.0. The van der Waals surface area contributed by atoms with E-state index in [1.54, 1.807) is 82.0 Å². The Labute approximate surface area is 308 Å². The summed E-state index contributed by atoms with van der Waals surface area (Å²) in [6, 6.07) is 25.8. The van der Waals surface area contributed by atoms with E-state index in [0.29, 0.717) is 47.3 Å². The number of allylic oxidation sites excluding steroid dienone is 2. The molecule has 0 aliphatic carbocycles. The first kappa shape index (κ1) is 39.3. The van der Waals surface area contributed by atoms with Crippen molar-refractivity contribution in [3.63, 3.8) is 0 Å². The van der Waals surface area contributed by atoms with Crippen molar-refractivity contribution in [2.24, 2.45) is 0 Å². The summed E-state index contributed by atoms with van der Waals surface area (Å²) in [7, 11) is 6.23. The van der Waals surface area contributed by atoms with Gasteiger partial charge in [-0.15, -0.1) is 0 Å². The first-order valence-electron chi connectivity index (χ1n) is 17.8. The van der Waals surface area contributed by atoms with Crippen LogP contribution in [0, 0.1) is 0 Å². The summed E-state index contributed by atoms with van der Waals surface area (Å²) in [5.41, 5.74) is 2.86. The molecule has 0 heterocycles. The van der Waals surface area contributed by atoms with Crippen LogP contribution >= 0.6 is 0 Å². The van der Waals surface area contributed by atoms with Crippen LogP contribution in [0.1, 0.15) is 83.2 Å². The van der Waals surface area contributed by atoms with Crippen molar-refractivity contribution in [3.8, 4) is 34.5 Å². The van der Waals surface area contributed by atoms with Crippen molar-refractivity contribution in [1.82, 2.24) is 0 Å². The molecule has 8 heteroatoms. The van der Waals surface area contributed by atoms with Gasteiger partial charge in [-0.1, -0.05) is 74.9 Å². The third-order valence-corrected chi connectivity index (χ3v) is 8.53. The van der Waals surface area contributed by atoms with Gasteiger partial charge in [-0.25, -0.2) is 0 Å². The molecule has 4 rings (SSSR count). The van der Waals surface area contributed by atoms with Gasteiger partial charge < -0.3 is 28.4 Å². The molecule has 4 aromatic carbocycles. The van der Waals surface area contributed by atoms with Gasteiger partial charge >= 0.3 is 0 Å². The normalized spacial score (nSPS) is 11.1. The first-order chi connectivity index (χ1) is 25.4. The van der Waals surface area contributed by atoms with Gasteiger partial charge in [-0.3, -0.25) is 9.59 Å². The summed E-state index contributed by atoms with van der Waals surface area (Å²) < 4.78 is 32.9. The van der Waals surface area contributed by atoms with Crippen LogP contribution < -0.4 is 28.4 Å². The molecule has 4 aromatic rings. The molecule has 0 fully saturated rings. The van der Waals surface area contributed by atoms with Gasteiger partial charge in [0.1, 0.15) is 23.0 Å². The molecule has 0 saturated carbocycles. The molecule has 0 aromatic heterocycles. The van der Waals surface area contributed by atoms with E-state index in [0.717, 1.165) is 48.3 Å². The lowest BCUT2D eigenvalue weighted by molar-refractivity contribution is 0.103. The number of hydrogen-bond acceptors (Lipinski definition) is 8. The fourth-order valence-electron chi connectivity index (χ4n) is 5.52. The maximum atomic E-state index is 12.7. The van der Waals surface area contributed by atoms with Crippen LogP contribution in [0.3, 0.4) is 0 Å². The predicted octanol–water partition coefficient (Wildman–Crippen LogP) is 10.1. The smallest absolute Gasteiger partial charge is 0.189 e. The second kappa shape index (κ2) is 21.7. The minimum absolute atomic E-state index is 0.108. The number of ether oxygens (including phenoxy) is 6. The van der Waals surface area contributed by atoms with Crippen LogP contribution in [-0.4, -0.2) is 53.2 Å². The molecular formula is C44H50O8. The predicted molar refractivity (Wildman–Crippen MR) is 207 cm³/mol. The highest BCUT2D eigenvalue weighted by Crippen LogP contribution is 2.28. The Morgan fingerprint density at radius 3 is 1.44 bits per heavy atom. The zero-order valence-corrected chi connectivity index (χ0v) is 30.7. The highest BCUT2D eigenvalue weighted by molar-refractivity contribution is 6.09. The van der Waals surface area contributed by atoms with Gasteiger partial charge in [-0.2, -0.15) is 0 Å². The molecule has 0 aliphatic rings. The number of ketones is 2. The Hall–Kier alpha value is -5.50. The van der Waals surface area contributed by atoms with E-state index < -0.39 is 0 Å². The number of unbranched alkanes of at least 4 members (excludes halogenated alkanes) is 7. The molecule has 0 aliphatic heterocycles. The summed E-state index contributed by atoms with van der Waals surface area (Å²) >= 11 is 0. The quantitative estimate of drug-likeness (QED) is 0.0428. The third-order valence-electron chi connectivity index (χ3n) is 8.53. The van der Waals surface area contributed by atoms with E-state index in [1.165, 1.54) is 32.8 Å². The molecule has 274 valence electrons. The van der Waals surface area contributed by atoms with Gasteiger partial charge in [0, 0.05) is 11.6 Å². The standard InChI is InChI=1S/C44H50O8/c1-47-38-24-25-39(43(32-38)49-3)41(46)27-18-34-15-22-37(23-16-34)52-30-12-10-8-6-5-7-9-11-29-51-36-20-13-33(14-21-36)17-26-40(45)35-19-28-42(48-2)44(31-35)50-4/h13-28,31-32H,5-12,29-30H2,1-4H3/b26-17+,27-18+. The SMILES string of the molecule is COc1ccc(C(=O)/C=C/c2ccc(OCCCCCCCCCCOc3ccc(/C=C/C(=O)c4ccc(OC)c(OC)c4)cc3)cc2)c(OC)c1. The third kappa shape index (κ3) is 12.7. The largest absolute Gasteiger partial charge is 0.497 e. The molecule has 0 radical (unpaired) electrons. The number of carbonyl (C=O) groups is 2. The molecule has 0 spiro atoms.